The lowest BCUT2D eigenvalue weighted by atomic mass is 9.96. The average molecular weight is 488 g/mol. The summed E-state index contributed by atoms with van der Waals surface area (Å²) >= 11 is 1.17. The molecule has 8 nitrogen and oxygen atoms in total. The zero-order valence-electron chi connectivity index (χ0n) is 18.7. The molecule has 1 fully saturated rings. The number of nitrogens with one attached hydrogen (secondary N) is 1. The summed E-state index contributed by atoms with van der Waals surface area (Å²) < 4.78 is 25.7. The molecule has 4 rings (SSSR count). The first-order chi connectivity index (χ1) is 16.1. The van der Waals surface area contributed by atoms with Crippen LogP contribution in [0, 0.1) is 5.82 Å². The number of primary amides is 1. The van der Waals surface area contributed by atoms with Crippen LogP contribution < -0.4 is 11.1 Å². The second kappa shape index (κ2) is 9.77. The number of rotatable bonds is 8. The number of ether oxygens (including phenoxy) is 2. The van der Waals surface area contributed by atoms with Gasteiger partial charge in [-0.25, -0.2) is 9.37 Å². The molecular weight excluding hydrogens is 461 g/mol. The van der Waals surface area contributed by atoms with Crippen molar-refractivity contribution in [3.63, 3.8) is 0 Å². The van der Waals surface area contributed by atoms with E-state index in [9.17, 15) is 19.4 Å². The minimum atomic E-state index is -1.18. The van der Waals surface area contributed by atoms with Gasteiger partial charge in [0.1, 0.15) is 28.8 Å². The topological polar surface area (TPSA) is 127 Å². The number of nitrogens with two attached hydrogens (primary N) is 1. The Kier molecular flexibility index (Phi) is 6.96. The lowest BCUT2D eigenvalue weighted by Crippen LogP contribution is -2.26. The number of aliphatic hydroxyl groups is 2. The molecule has 10 heteroatoms. The van der Waals surface area contributed by atoms with Crippen LogP contribution in [-0.4, -0.2) is 46.5 Å². The number of pyridine rings is 1. The van der Waals surface area contributed by atoms with Gasteiger partial charge in [-0.15, -0.1) is 11.3 Å². The zero-order valence-corrected chi connectivity index (χ0v) is 19.6. The maximum Gasteiger partial charge on any atom is 0.251 e. The van der Waals surface area contributed by atoms with E-state index in [0.29, 0.717) is 39.1 Å². The molecule has 1 aromatic carbocycles. The summed E-state index contributed by atoms with van der Waals surface area (Å²) in [6.07, 6.45) is -1.07. The van der Waals surface area contributed by atoms with Crippen molar-refractivity contribution in [3.05, 3.63) is 65.1 Å². The van der Waals surface area contributed by atoms with Gasteiger partial charge < -0.3 is 30.7 Å². The van der Waals surface area contributed by atoms with E-state index in [2.05, 4.69) is 10.3 Å². The Hall–Kier alpha value is -2.89. The Morgan fingerprint density at radius 1 is 1.32 bits per heavy atom. The van der Waals surface area contributed by atoms with Crippen molar-refractivity contribution in [3.8, 4) is 10.4 Å². The van der Waals surface area contributed by atoms with E-state index in [-0.39, 0.29) is 18.8 Å². The molecule has 5 N–H and O–H groups in total. The normalized spacial score (nSPS) is 18.3. The Morgan fingerprint density at radius 2 is 2.12 bits per heavy atom. The Balaban J connectivity index is 1.55. The molecule has 3 aromatic rings. The number of hydrogen-bond donors (Lipinski definition) is 4. The van der Waals surface area contributed by atoms with Crippen LogP contribution in [0.3, 0.4) is 0 Å². The lowest BCUT2D eigenvalue weighted by Gasteiger charge is -2.18. The molecule has 0 radical (unpaired) electrons. The van der Waals surface area contributed by atoms with Crippen LogP contribution in [0.15, 0.2) is 42.5 Å². The number of hydrogen-bond acceptors (Lipinski definition) is 8. The number of nitrogens with zero attached hydrogens (tertiary/aromatic N) is 1. The molecule has 1 amide bonds. The van der Waals surface area contributed by atoms with Crippen LogP contribution in [0.25, 0.3) is 10.4 Å². The molecule has 1 aliphatic rings. The second-order valence-electron chi connectivity index (χ2n) is 8.56. The van der Waals surface area contributed by atoms with E-state index in [1.807, 2.05) is 0 Å². The van der Waals surface area contributed by atoms with Gasteiger partial charge in [0.25, 0.3) is 5.91 Å². The number of thiophene rings is 1. The summed E-state index contributed by atoms with van der Waals surface area (Å²) in [5, 5.41) is 23.5. The molecule has 1 aliphatic heterocycles. The van der Waals surface area contributed by atoms with Crippen molar-refractivity contribution in [1.29, 1.82) is 0 Å². The number of aromatic nitrogens is 1. The van der Waals surface area contributed by atoms with Gasteiger partial charge in [0.15, 0.2) is 0 Å². The van der Waals surface area contributed by atoms with Crippen LogP contribution in [0.5, 0.6) is 0 Å². The molecule has 0 aliphatic carbocycles. The minimum Gasteiger partial charge on any atom is -0.388 e. The third-order valence-electron chi connectivity index (χ3n) is 5.43. The number of halogens is 1. The first kappa shape index (κ1) is 24.2. The van der Waals surface area contributed by atoms with Crippen molar-refractivity contribution in [2.75, 3.05) is 18.5 Å². The fourth-order valence-corrected chi connectivity index (χ4v) is 4.61. The van der Waals surface area contributed by atoms with Crippen molar-refractivity contribution in [1.82, 2.24) is 4.98 Å². The average Bonchev–Trinajstić information content (AvgIpc) is 3.38. The highest BCUT2D eigenvalue weighted by atomic mass is 32.1. The quantitative estimate of drug-likeness (QED) is 0.384. The van der Waals surface area contributed by atoms with Crippen molar-refractivity contribution < 1.29 is 28.9 Å². The second-order valence-corrected chi connectivity index (χ2v) is 9.62. The summed E-state index contributed by atoms with van der Waals surface area (Å²) in [7, 11) is 0. The van der Waals surface area contributed by atoms with E-state index in [1.54, 1.807) is 44.2 Å². The van der Waals surface area contributed by atoms with Crippen LogP contribution in [0.4, 0.5) is 15.2 Å². The third kappa shape index (κ3) is 5.43. The van der Waals surface area contributed by atoms with Gasteiger partial charge in [0.2, 0.25) is 0 Å². The van der Waals surface area contributed by atoms with Crippen molar-refractivity contribution in [2.24, 2.45) is 5.73 Å². The predicted molar refractivity (Wildman–Crippen MR) is 126 cm³/mol. The van der Waals surface area contributed by atoms with Gasteiger partial charge in [-0.1, -0.05) is 18.2 Å². The Morgan fingerprint density at radius 3 is 2.76 bits per heavy atom. The Labute approximate surface area is 200 Å². The standard InChI is InChI=1S/C24H26FN3O5S/c1-24(2,31)13-6-7-15(17(25)8-13)20-9-16(22(26)30)23(34-20)28-21-5-3-4-14(27-21)10-33-19-12-32-11-18(19)29/h3-9,18-19,29,31H,10-12H2,1-2H3,(H2,26,30)(H,27,28). The van der Waals surface area contributed by atoms with Gasteiger partial charge in [-0.3, -0.25) is 4.79 Å². The highest BCUT2D eigenvalue weighted by Gasteiger charge is 2.27. The summed E-state index contributed by atoms with van der Waals surface area (Å²) in [6.45, 7) is 3.91. The molecule has 180 valence electrons. The molecule has 0 saturated carbocycles. The van der Waals surface area contributed by atoms with Crippen molar-refractivity contribution in [2.45, 2.75) is 38.3 Å². The van der Waals surface area contributed by atoms with Gasteiger partial charge in [-0.2, -0.15) is 0 Å². The third-order valence-corrected chi connectivity index (χ3v) is 6.52. The molecule has 3 heterocycles. The summed E-state index contributed by atoms with van der Waals surface area (Å²) in [5.74, 6) is -0.718. The number of aliphatic hydroxyl groups excluding tert-OH is 1. The van der Waals surface area contributed by atoms with Gasteiger partial charge in [0, 0.05) is 10.4 Å². The number of amides is 1. The van der Waals surface area contributed by atoms with Crippen LogP contribution >= 0.6 is 11.3 Å². The number of carbonyl (C=O) groups excluding carboxylic acids is 1. The van der Waals surface area contributed by atoms with E-state index in [0.717, 1.165) is 0 Å². The maximum absolute atomic E-state index is 14.8. The molecule has 2 aromatic heterocycles. The first-order valence-corrected chi connectivity index (χ1v) is 11.5. The smallest absolute Gasteiger partial charge is 0.251 e. The van der Waals surface area contributed by atoms with E-state index in [1.165, 1.54) is 23.5 Å². The predicted octanol–water partition coefficient (Wildman–Crippen LogP) is 3.30. The highest BCUT2D eigenvalue weighted by molar-refractivity contribution is 7.19. The molecule has 0 spiro atoms. The summed E-state index contributed by atoms with van der Waals surface area (Å²) in [6, 6.07) is 11.3. The molecule has 1 saturated heterocycles. The van der Waals surface area contributed by atoms with Gasteiger partial charge in [0.05, 0.1) is 36.7 Å². The van der Waals surface area contributed by atoms with Gasteiger partial charge in [-0.05, 0) is 43.7 Å². The molecule has 2 unspecified atom stereocenters. The van der Waals surface area contributed by atoms with E-state index >= 15 is 0 Å². The number of carbonyl (C=O) groups is 1. The summed E-state index contributed by atoms with van der Waals surface area (Å²) in [5.41, 5.74) is 5.95. The van der Waals surface area contributed by atoms with Gasteiger partial charge >= 0.3 is 0 Å². The summed E-state index contributed by atoms with van der Waals surface area (Å²) in [4.78, 5) is 17.1. The van der Waals surface area contributed by atoms with Crippen LogP contribution in [0.1, 0.15) is 35.5 Å². The fourth-order valence-electron chi connectivity index (χ4n) is 3.52. The van der Waals surface area contributed by atoms with E-state index < -0.39 is 29.5 Å². The zero-order chi connectivity index (χ0) is 24.5. The highest BCUT2D eigenvalue weighted by Crippen LogP contribution is 2.38. The number of benzene rings is 1. The molecule has 2 atom stereocenters. The molecule has 0 bridgehead atoms. The monoisotopic (exact) mass is 487 g/mol. The fraction of sp³-hybridized carbons (Fsp3) is 0.333. The SMILES string of the molecule is CC(C)(O)c1ccc(-c2cc(C(N)=O)c(Nc3cccc(COC4COCC4O)n3)s2)c(F)c1. The van der Waals surface area contributed by atoms with E-state index in [4.69, 9.17) is 15.2 Å². The van der Waals surface area contributed by atoms with Crippen LogP contribution in [0.2, 0.25) is 0 Å². The number of anilines is 2. The van der Waals surface area contributed by atoms with Crippen LogP contribution in [-0.2, 0) is 21.7 Å². The van der Waals surface area contributed by atoms with Crippen molar-refractivity contribution >= 4 is 28.1 Å². The largest absolute Gasteiger partial charge is 0.388 e. The lowest BCUT2D eigenvalue weighted by molar-refractivity contribution is -0.0199. The molecular formula is C24H26FN3O5S. The molecule has 34 heavy (non-hydrogen) atoms. The minimum absolute atomic E-state index is 0.178. The first-order valence-electron chi connectivity index (χ1n) is 10.7. The Bertz CT molecular complexity index is 1190. The maximum atomic E-state index is 14.8.